The van der Waals surface area contributed by atoms with E-state index in [1.807, 2.05) is 0 Å². The molecule has 1 rings (SSSR count). The molecule has 0 spiro atoms. The van der Waals surface area contributed by atoms with E-state index >= 15 is 0 Å². The molecule has 3 nitrogen and oxygen atoms in total. The molecule has 1 fully saturated rings. The summed E-state index contributed by atoms with van der Waals surface area (Å²) in [6.45, 7) is 7.68. The van der Waals surface area contributed by atoms with Crippen LogP contribution in [0, 0.1) is 5.92 Å². The van der Waals surface area contributed by atoms with Crippen molar-refractivity contribution < 1.29 is 0 Å². The molecule has 1 aliphatic rings. The lowest BCUT2D eigenvalue weighted by Crippen LogP contribution is -2.39. The van der Waals surface area contributed by atoms with Crippen molar-refractivity contribution in [3.63, 3.8) is 0 Å². The molecule has 1 heterocycles. The van der Waals surface area contributed by atoms with Gasteiger partial charge in [0.15, 0.2) is 0 Å². The van der Waals surface area contributed by atoms with Gasteiger partial charge in [-0.2, -0.15) is 0 Å². The maximum absolute atomic E-state index is 5.66. The average molecular weight is 185 g/mol. The first-order valence-corrected chi connectivity index (χ1v) is 5.16. The largest absolute Gasteiger partial charge is 0.329 e. The van der Waals surface area contributed by atoms with Gasteiger partial charge >= 0.3 is 0 Å². The van der Waals surface area contributed by atoms with Crippen LogP contribution in [0.1, 0.15) is 13.8 Å². The van der Waals surface area contributed by atoms with Crippen molar-refractivity contribution in [3.05, 3.63) is 0 Å². The molecular weight excluding hydrogens is 162 g/mol. The molecule has 0 saturated carbocycles. The average Bonchev–Trinajstić information content (AvgIpc) is 2.46. The quantitative estimate of drug-likeness (QED) is 0.682. The zero-order valence-electron chi connectivity index (χ0n) is 9.33. The minimum absolute atomic E-state index is 0.535. The van der Waals surface area contributed by atoms with Gasteiger partial charge < -0.3 is 10.6 Å². The highest BCUT2D eigenvalue weighted by Gasteiger charge is 2.32. The van der Waals surface area contributed by atoms with Crippen LogP contribution >= 0.6 is 0 Å². The molecule has 0 radical (unpaired) electrons. The van der Waals surface area contributed by atoms with Crippen molar-refractivity contribution in [2.24, 2.45) is 11.7 Å². The molecule has 2 N–H and O–H groups in total. The number of nitrogens with two attached hydrogens (primary N) is 1. The summed E-state index contributed by atoms with van der Waals surface area (Å²) in [5.74, 6) is 0.768. The number of hydrogen-bond donors (Lipinski definition) is 1. The van der Waals surface area contributed by atoms with Crippen molar-refractivity contribution in [1.29, 1.82) is 0 Å². The van der Waals surface area contributed by atoms with E-state index in [1.165, 1.54) is 13.1 Å². The lowest BCUT2D eigenvalue weighted by atomic mass is 10.1. The molecule has 0 aromatic heterocycles. The van der Waals surface area contributed by atoms with E-state index in [2.05, 4.69) is 37.7 Å². The maximum atomic E-state index is 5.66. The lowest BCUT2D eigenvalue weighted by Gasteiger charge is -2.24. The Balaban J connectivity index is 2.49. The van der Waals surface area contributed by atoms with E-state index < -0.39 is 0 Å². The van der Waals surface area contributed by atoms with Crippen LogP contribution in [0.5, 0.6) is 0 Å². The first-order chi connectivity index (χ1) is 6.06. The summed E-state index contributed by atoms with van der Waals surface area (Å²) in [6, 6.07) is 1.24. The number of rotatable bonds is 3. The molecule has 1 saturated heterocycles. The molecule has 13 heavy (non-hydrogen) atoms. The molecule has 0 aliphatic carbocycles. The Bertz CT molecular complexity index is 158. The first-order valence-electron chi connectivity index (χ1n) is 5.16. The predicted octanol–water partition coefficient (Wildman–Crippen LogP) is 0.216. The van der Waals surface area contributed by atoms with Crippen molar-refractivity contribution in [1.82, 2.24) is 9.80 Å². The smallest absolute Gasteiger partial charge is 0.0254 e. The second-order valence-electron chi connectivity index (χ2n) is 4.55. The van der Waals surface area contributed by atoms with Crippen LogP contribution in [0.25, 0.3) is 0 Å². The van der Waals surface area contributed by atoms with Crippen LogP contribution in [-0.2, 0) is 0 Å². The van der Waals surface area contributed by atoms with E-state index in [0.29, 0.717) is 12.1 Å². The van der Waals surface area contributed by atoms with Gasteiger partial charge in [-0.1, -0.05) is 6.92 Å². The third kappa shape index (κ3) is 2.42. The Hall–Kier alpha value is -0.120. The van der Waals surface area contributed by atoms with Crippen molar-refractivity contribution in [2.45, 2.75) is 25.9 Å². The van der Waals surface area contributed by atoms with Gasteiger partial charge in [-0.15, -0.1) is 0 Å². The van der Waals surface area contributed by atoms with E-state index in [0.717, 1.165) is 12.5 Å². The first kappa shape index (κ1) is 11.0. The van der Waals surface area contributed by atoms with Crippen LogP contribution in [0.3, 0.4) is 0 Å². The van der Waals surface area contributed by atoms with Crippen LogP contribution in [-0.4, -0.2) is 55.6 Å². The lowest BCUT2D eigenvalue weighted by molar-refractivity contribution is 0.228. The fourth-order valence-corrected chi connectivity index (χ4v) is 2.17. The highest BCUT2D eigenvalue weighted by molar-refractivity contribution is 4.88. The van der Waals surface area contributed by atoms with Gasteiger partial charge in [0.1, 0.15) is 0 Å². The minimum Gasteiger partial charge on any atom is -0.329 e. The van der Waals surface area contributed by atoms with Gasteiger partial charge in [-0.3, -0.25) is 4.90 Å². The zero-order chi connectivity index (χ0) is 10.0. The fourth-order valence-electron chi connectivity index (χ4n) is 2.17. The second-order valence-corrected chi connectivity index (χ2v) is 4.55. The van der Waals surface area contributed by atoms with Gasteiger partial charge in [-0.25, -0.2) is 0 Å². The van der Waals surface area contributed by atoms with Gasteiger partial charge in [0, 0.05) is 31.7 Å². The Morgan fingerprint density at radius 2 is 2.08 bits per heavy atom. The summed E-state index contributed by atoms with van der Waals surface area (Å²) in [4.78, 5) is 4.82. The van der Waals surface area contributed by atoms with Gasteiger partial charge in [0.25, 0.3) is 0 Å². The molecule has 3 atom stereocenters. The summed E-state index contributed by atoms with van der Waals surface area (Å²) in [6.07, 6.45) is 0. The Labute approximate surface area is 81.9 Å². The Morgan fingerprint density at radius 3 is 2.46 bits per heavy atom. The van der Waals surface area contributed by atoms with E-state index in [-0.39, 0.29) is 0 Å². The number of likely N-dealkylation sites (tertiary alicyclic amines) is 1. The van der Waals surface area contributed by atoms with Crippen LogP contribution in [0.4, 0.5) is 0 Å². The zero-order valence-corrected chi connectivity index (χ0v) is 9.33. The van der Waals surface area contributed by atoms with E-state index in [4.69, 9.17) is 5.73 Å². The summed E-state index contributed by atoms with van der Waals surface area (Å²) in [5, 5.41) is 0. The summed E-state index contributed by atoms with van der Waals surface area (Å²) < 4.78 is 0. The molecule has 78 valence electrons. The van der Waals surface area contributed by atoms with Crippen LogP contribution in [0.15, 0.2) is 0 Å². The fraction of sp³-hybridized carbons (Fsp3) is 1.00. The highest BCUT2D eigenvalue weighted by atomic mass is 15.3. The van der Waals surface area contributed by atoms with Crippen molar-refractivity contribution >= 4 is 0 Å². The number of likely N-dealkylation sites (N-methyl/N-ethyl adjacent to an activating group) is 1. The third-order valence-electron chi connectivity index (χ3n) is 3.23. The minimum atomic E-state index is 0.535. The van der Waals surface area contributed by atoms with Crippen molar-refractivity contribution in [3.8, 4) is 0 Å². The highest BCUT2D eigenvalue weighted by Crippen LogP contribution is 2.21. The summed E-state index contributed by atoms with van der Waals surface area (Å²) in [5.41, 5.74) is 5.66. The Morgan fingerprint density at radius 1 is 1.46 bits per heavy atom. The molecule has 0 aromatic carbocycles. The topological polar surface area (TPSA) is 32.5 Å². The van der Waals surface area contributed by atoms with E-state index in [1.54, 1.807) is 0 Å². The third-order valence-corrected chi connectivity index (χ3v) is 3.23. The molecular formula is C10H23N3. The standard InChI is InChI=1S/C10H23N3/c1-8-6-13(9(2)5-11)7-10(8)12(3)4/h8-10H,5-7,11H2,1-4H3. The van der Waals surface area contributed by atoms with Crippen molar-refractivity contribution in [2.75, 3.05) is 33.7 Å². The normalized spacial score (nSPS) is 32.8. The summed E-state index contributed by atoms with van der Waals surface area (Å²) in [7, 11) is 4.33. The van der Waals surface area contributed by atoms with Gasteiger partial charge in [-0.05, 0) is 26.9 Å². The molecule has 0 aromatic rings. The van der Waals surface area contributed by atoms with Gasteiger partial charge in [0.05, 0.1) is 0 Å². The molecule has 0 amide bonds. The molecule has 0 bridgehead atoms. The molecule has 3 heteroatoms. The predicted molar refractivity (Wildman–Crippen MR) is 56.7 cm³/mol. The molecule has 1 aliphatic heterocycles. The SMILES string of the molecule is CC1CN(C(C)CN)CC1N(C)C. The summed E-state index contributed by atoms with van der Waals surface area (Å²) >= 11 is 0. The monoisotopic (exact) mass is 185 g/mol. The van der Waals surface area contributed by atoms with Crippen LogP contribution < -0.4 is 5.73 Å². The van der Waals surface area contributed by atoms with Gasteiger partial charge in [0.2, 0.25) is 0 Å². The maximum Gasteiger partial charge on any atom is 0.0254 e. The Kier molecular flexibility index (Phi) is 3.71. The number of nitrogens with zero attached hydrogens (tertiary/aromatic N) is 2. The molecule has 3 unspecified atom stereocenters. The van der Waals surface area contributed by atoms with E-state index in [9.17, 15) is 0 Å². The van der Waals surface area contributed by atoms with Crippen LogP contribution in [0.2, 0.25) is 0 Å². The second kappa shape index (κ2) is 4.40. The number of hydrogen-bond acceptors (Lipinski definition) is 3.